The van der Waals surface area contributed by atoms with Gasteiger partial charge in [-0.15, -0.1) is 0 Å². The highest BCUT2D eigenvalue weighted by molar-refractivity contribution is 4.86. The highest BCUT2D eigenvalue weighted by atomic mass is 15.1. The molecule has 0 radical (unpaired) electrons. The second-order valence-corrected chi connectivity index (χ2v) is 7.43. The maximum absolute atomic E-state index is 3.56. The molecular weight excluding hydrogens is 232 g/mol. The molecule has 2 aliphatic carbocycles. The van der Waals surface area contributed by atoms with Crippen LogP contribution in [0.2, 0.25) is 0 Å². The molecule has 0 aliphatic heterocycles. The molecule has 0 heterocycles. The van der Waals surface area contributed by atoms with Gasteiger partial charge in [0.05, 0.1) is 0 Å². The molecule has 0 aromatic rings. The summed E-state index contributed by atoms with van der Waals surface area (Å²) in [7, 11) is 4.52. The Morgan fingerprint density at radius 1 is 0.947 bits per heavy atom. The van der Waals surface area contributed by atoms with Crippen LogP contribution in [0.3, 0.4) is 0 Å². The third-order valence-corrected chi connectivity index (χ3v) is 5.75. The predicted molar refractivity (Wildman–Crippen MR) is 83.4 cm³/mol. The Morgan fingerprint density at radius 2 is 1.58 bits per heavy atom. The Balaban J connectivity index is 1.84. The summed E-state index contributed by atoms with van der Waals surface area (Å²) in [6.45, 7) is 6.14. The van der Waals surface area contributed by atoms with Crippen molar-refractivity contribution in [1.29, 1.82) is 0 Å². The molecule has 2 nitrogen and oxygen atoms in total. The van der Waals surface area contributed by atoms with E-state index in [2.05, 4.69) is 38.2 Å². The minimum atomic E-state index is 0.751. The summed E-state index contributed by atoms with van der Waals surface area (Å²) in [5.41, 5.74) is 0. The Bertz CT molecular complexity index is 258. The summed E-state index contributed by atoms with van der Waals surface area (Å²) < 4.78 is 0. The lowest BCUT2D eigenvalue weighted by molar-refractivity contribution is 0.111. The quantitative estimate of drug-likeness (QED) is 0.837. The molecule has 3 unspecified atom stereocenters. The van der Waals surface area contributed by atoms with Crippen LogP contribution in [0.5, 0.6) is 0 Å². The average Bonchev–Trinajstić information content (AvgIpc) is 2.39. The van der Waals surface area contributed by atoms with E-state index >= 15 is 0 Å². The second-order valence-electron chi connectivity index (χ2n) is 7.43. The Kier molecular flexibility index (Phi) is 5.70. The van der Waals surface area contributed by atoms with Crippen molar-refractivity contribution in [2.75, 3.05) is 20.6 Å². The third kappa shape index (κ3) is 4.19. The van der Waals surface area contributed by atoms with Crippen LogP contribution in [-0.4, -0.2) is 37.6 Å². The van der Waals surface area contributed by atoms with Gasteiger partial charge in [0.25, 0.3) is 0 Å². The van der Waals surface area contributed by atoms with Crippen LogP contribution in [0.15, 0.2) is 0 Å². The monoisotopic (exact) mass is 266 g/mol. The van der Waals surface area contributed by atoms with Crippen LogP contribution >= 0.6 is 0 Å². The molecular formula is C17H34N2. The number of hydrogen-bond donors (Lipinski definition) is 1. The minimum absolute atomic E-state index is 0.751. The van der Waals surface area contributed by atoms with Crippen LogP contribution in [-0.2, 0) is 0 Å². The Hall–Kier alpha value is -0.0800. The fourth-order valence-corrected chi connectivity index (χ4v) is 4.28. The molecule has 0 aromatic carbocycles. The second kappa shape index (κ2) is 7.08. The predicted octanol–water partition coefficient (Wildman–Crippen LogP) is 3.52. The van der Waals surface area contributed by atoms with Crippen LogP contribution in [0, 0.1) is 17.8 Å². The first kappa shape index (κ1) is 15.3. The highest BCUT2D eigenvalue weighted by Gasteiger charge is 2.30. The molecule has 2 rings (SSSR count). The van der Waals surface area contributed by atoms with Gasteiger partial charge >= 0.3 is 0 Å². The van der Waals surface area contributed by atoms with Crippen LogP contribution < -0.4 is 5.32 Å². The summed E-state index contributed by atoms with van der Waals surface area (Å²) in [5.74, 6) is 2.75. The molecule has 2 fully saturated rings. The van der Waals surface area contributed by atoms with Crippen molar-refractivity contribution in [1.82, 2.24) is 10.2 Å². The topological polar surface area (TPSA) is 15.3 Å². The third-order valence-electron chi connectivity index (χ3n) is 5.75. The van der Waals surface area contributed by atoms with E-state index in [-0.39, 0.29) is 0 Å². The molecule has 0 spiro atoms. The molecule has 0 amide bonds. The minimum Gasteiger partial charge on any atom is -0.317 e. The van der Waals surface area contributed by atoms with E-state index in [1.807, 2.05) is 0 Å². The molecule has 2 aliphatic rings. The van der Waals surface area contributed by atoms with Gasteiger partial charge in [0.1, 0.15) is 0 Å². The van der Waals surface area contributed by atoms with E-state index in [4.69, 9.17) is 0 Å². The van der Waals surface area contributed by atoms with Gasteiger partial charge in [0, 0.05) is 18.6 Å². The van der Waals surface area contributed by atoms with Gasteiger partial charge in [-0.05, 0) is 76.8 Å². The lowest BCUT2D eigenvalue weighted by atomic mass is 9.78. The van der Waals surface area contributed by atoms with Crippen molar-refractivity contribution in [3.05, 3.63) is 0 Å². The molecule has 2 heteroatoms. The van der Waals surface area contributed by atoms with Crippen molar-refractivity contribution in [3.63, 3.8) is 0 Å². The van der Waals surface area contributed by atoms with Crippen LogP contribution in [0.4, 0.5) is 0 Å². The van der Waals surface area contributed by atoms with Gasteiger partial charge in [-0.25, -0.2) is 0 Å². The van der Waals surface area contributed by atoms with Gasteiger partial charge in [-0.2, -0.15) is 0 Å². The first-order valence-electron chi connectivity index (χ1n) is 8.47. The molecule has 2 saturated carbocycles. The zero-order chi connectivity index (χ0) is 13.8. The molecule has 112 valence electrons. The van der Waals surface area contributed by atoms with Crippen LogP contribution in [0.25, 0.3) is 0 Å². The fourth-order valence-electron chi connectivity index (χ4n) is 4.28. The molecule has 0 aromatic heterocycles. The normalized spacial score (nSPS) is 40.6. The summed E-state index contributed by atoms with van der Waals surface area (Å²) in [6, 6.07) is 1.60. The smallest absolute Gasteiger partial charge is 0.0105 e. The lowest BCUT2D eigenvalue weighted by Crippen LogP contribution is -2.46. The molecule has 19 heavy (non-hydrogen) atoms. The zero-order valence-electron chi connectivity index (χ0n) is 13.5. The lowest BCUT2D eigenvalue weighted by Gasteiger charge is -2.40. The maximum Gasteiger partial charge on any atom is 0.0105 e. The fraction of sp³-hybridized carbons (Fsp3) is 1.00. The van der Waals surface area contributed by atoms with Gasteiger partial charge < -0.3 is 10.2 Å². The Labute approximate surface area is 120 Å². The average molecular weight is 266 g/mol. The van der Waals surface area contributed by atoms with Gasteiger partial charge in [-0.1, -0.05) is 13.8 Å². The number of nitrogens with one attached hydrogen (secondary N) is 1. The van der Waals surface area contributed by atoms with Crippen molar-refractivity contribution < 1.29 is 0 Å². The highest BCUT2D eigenvalue weighted by Crippen LogP contribution is 2.32. The van der Waals surface area contributed by atoms with E-state index in [1.165, 1.54) is 51.5 Å². The van der Waals surface area contributed by atoms with Gasteiger partial charge in [0.2, 0.25) is 0 Å². The van der Waals surface area contributed by atoms with E-state index in [1.54, 1.807) is 0 Å². The summed E-state index contributed by atoms with van der Waals surface area (Å²) in [6.07, 6.45) is 9.91. The number of hydrogen-bond acceptors (Lipinski definition) is 2. The zero-order valence-corrected chi connectivity index (χ0v) is 13.5. The first-order valence-corrected chi connectivity index (χ1v) is 8.47. The van der Waals surface area contributed by atoms with E-state index in [0.717, 1.165) is 29.8 Å². The largest absolute Gasteiger partial charge is 0.317 e. The van der Waals surface area contributed by atoms with Crippen molar-refractivity contribution >= 4 is 0 Å². The maximum atomic E-state index is 3.56. The number of nitrogens with zero attached hydrogens (tertiary/aromatic N) is 1. The number of rotatable bonds is 4. The van der Waals surface area contributed by atoms with Gasteiger partial charge in [0.15, 0.2) is 0 Å². The van der Waals surface area contributed by atoms with Crippen LogP contribution in [0.1, 0.15) is 58.8 Å². The summed E-state index contributed by atoms with van der Waals surface area (Å²) >= 11 is 0. The Morgan fingerprint density at radius 3 is 2.21 bits per heavy atom. The summed E-state index contributed by atoms with van der Waals surface area (Å²) in [5, 5.41) is 3.56. The van der Waals surface area contributed by atoms with E-state index < -0.39 is 0 Å². The SMILES string of the molecule is CNC1CCC(C)CC1CN(C)C1CCC(C)CC1. The molecule has 0 saturated heterocycles. The standard InChI is InChI=1S/C17H34N2/c1-13-5-8-16(9-6-13)19(4)12-15-11-14(2)7-10-17(15)18-3/h13-18H,5-12H2,1-4H3. The molecule has 0 bridgehead atoms. The first-order chi connectivity index (χ1) is 9.10. The van der Waals surface area contributed by atoms with E-state index in [0.29, 0.717) is 0 Å². The van der Waals surface area contributed by atoms with Crippen molar-refractivity contribution in [2.24, 2.45) is 17.8 Å². The van der Waals surface area contributed by atoms with Gasteiger partial charge in [-0.3, -0.25) is 0 Å². The summed E-state index contributed by atoms with van der Waals surface area (Å²) in [4.78, 5) is 2.68. The van der Waals surface area contributed by atoms with Crippen molar-refractivity contribution in [3.8, 4) is 0 Å². The van der Waals surface area contributed by atoms with Crippen molar-refractivity contribution in [2.45, 2.75) is 70.9 Å². The van der Waals surface area contributed by atoms with E-state index in [9.17, 15) is 0 Å². The molecule has 1 N–H and O–H groups in total. The molecule has 3 atom stereocenters.